The van der Waals surface area contributed by atoms with Crippen LogP contribution in [-0.2, 0) is 14.3 Å². The number of rotatable bonds is 4. The van der Waals surface area contributed by atoms with E-state index < -0.39 is 10.1 Å². The molecule has 0 aromatic heterocycles. The predicted octanol–water partition coefficient (Wildman–Crippen LogP) is 4.43. The zero-order valence-electron chi connectivity index (χ0n) is 13.3. The van der Waals surface area contributed by atoms with E-state index in [0.29, 0.717) is 0 Å². The molecule has 3 nitrogen and oxygen atoms in total. The lowest BCUT2D eigenvalue weighted by atomic mass is 9.82. The Kier molecular flexibility index (Phi) is 4.83. The SMILES string of the molecule is Cc1ccc(S(=O)(=O)O[C@H]2CCCC[C@@H]2c2ccccc2)cc1. The molecule has 0 saturated heterocycles. The van der Waals surface area contributed by atoms with Gasteiger partial charge in [-0.1, -0.05) is 60.9 Å². The molecule has 2 atom stereocenters. The van der Waals surface area contributed by atoms with Crippen LogP contribution in [-0.4, -0.2) is 14.5 Å². The van der Waals surface area contributed by atoms with Crippen molar-refractivity contribution in [1.82, 2.24) is 0 Å². The summed E-state index contributed by atoms with van der Waals surface area (Å²) in [5.41, 5.74) is 2.19. The number of hydrogen-bond acceptors (Lipinski definition) is 3. The van der Waals surface area contributed by atoms with E-state index in [4.69, 9.17) is 4.18 Å². The van der Waals surface area contributed by atoms with Crippen molar-refractivity contribution < 1.29 is 12.6 Å². The molecular formula is C19H22O3S. The predicted molar refractivity (Wildman–Crippen MR) is 90.9 cm³/mol. The highest BCUT2D eigenvalue weighted by atomic mass is 32.2. The molecule has 3 rings (SSSR count). The van der Waals surface area contributed by atoms with E-state index in [0.717, 1.165) is 36.8 Å². The monoisotopic (exact) mass is 330 g/mol. The Bertz CT molecular complexity index is 736. The minimum Gasteiger partial charge on any atom is -0.262 e. The van der Waals surface area contributed by atoms with E-state index in [1.807, 2.05) is 25.1 Å². The number of aryl methyl sites for hydroxylation is 1. The molecule has 0 bridgehead atoms. The van der Waals surface area contributed by atoms with Gasteiger partial charge in [0.1, 0.15) is 0 Å². The Morgan fingerprint density at radius 1 is 0.913 bits per heavy atom. The van der Waals surface area contributed by atoms with Crippen molar-refractivity contribution in [1.29, 1.82) is 0 Å². The molecular weight excluding hydrogens is 308 g/mol. The van der Waals surface area contributed by atoms with Gasteiger partial charge in [0, 0.05) is 5.92 Å². The van der Waals surface area contributed by atoms with Gasteiger partial charge in [-0.2, -0.15) is 8.42 Å². The van der Waals surface area contributed by atoms with Crippen LogP contribution in [0.25, 0.3) is 0 Å². The quantitative estimate of drug-likeness (QED) is 0.779. The third-order valence-corrected chi connectivity index (χ3v) is 5.84. The largest absolute Gasteiger partial charge is 0.297 e. The minimum absolute atomic E-state index is 0.144. The maximum atomic E-state index is 12.6. The summed E-state index contributed by atoms with van der Waals surface area (Å²) in [5.74, 6) is 0.144. The third-order valence-electron chi connectivity index (χ3n) is 4.49. The van der Waals surface area contributed by atoms with E-state index >= 15 is 0 Å². The minimum atomic E-state index is -3.72. The Labute approximate surface area is 138 Å². The van der Waals surface area contributed by atoms with Crippen LogP contribution < -0.4 is 0 Å². The van der Waals surface area contributed by atoms with Gasteiger partial charge in [-0.3, -0.25) is 4.18 Å². The lowest BCUT2D eigenvalue weighted by Crippen LogP contribution is -2.28. The zero-order chi connectivity index (χ0) is 16.3. The number of hydrogen-bond donors (Lipinski definition) is 0. The van der Waals surface area contributed by atoms with Gasteiger partial charge in [0.2, 0.25) is 0 Å². The maximum Gasteiger partial charge on any atom is 0.297 e. The standard InChI is InChI=1S/C19H22O3S/c1-15-11-13-17(14-12-15)23(20,21)22-19-10-6-5-9-18(19)16-7-3-2-4-8-16/h2-4,7-8,11-14,18-19H,5-6,9-10H2,1H3/t18-,19+/m1/s1. The second-order valence-corrected chi connectivity index (χ2v) is 7.78. The fourth-order valence-electron chi connectivity index (χ4n) is 3.22. The molecule has 2 aromatic carbocycles. The second-order valence-electron chi connectivity index (χ2n) is 6.20. The third kappa shape index (κ3) is 3.82. The van der Waals surface area contributed by atoms with Crippen molar-refractivity contribution in [2.24, 2.45) is 0 Å². The maximum absolute atomic E-state index is 12.6. The van der Waals surface area contributed by atoms with Gasteiger partial charge in [-0.15, -0.1) is 0 Å². The van der Waals surface area contributed by atoms with E-state index in [1.54, 1.807) is 24.3 Å². The van der Waals surface area contributed by atoms with Crippen LogP contribution in [0, 0.1) is 6.92 Å². The summed E-state index contributed by atoms with van der Waals surface area (Å²) in [4.78, 5) is 0.237. The average molecular weight is 330 g/mol. The molecule has 4 heteroatoms. The lowest BCUT2D eigenvalue weighted by molar-refractivity contribution is 0.137. The van der Waals surface area contributed by atoms with Gasteiger partial charge in [0.25, 0.3) is 10.1 Å². The van der Waals surface area contributed by atoms with Crippen LogP contribution in [0.1, 0.15) is 42.7 Å². The zero-order valence-corrected chi connectivity index (χ0v) is 14.1. The normalized spacial score (nSPS) is 22.0. The molecule has 1 aliphatic rings. The van der Waals surface area contributed by atoms with Crippen LogP contribution in [0.3, 0.4) is 0 Å². The molecule has 0 amide bonds. The van der Waals surface area contributed by atoms with Crippen LogP contribution in [0.2, 0.25) is 0 Å². The smallest absolute Gasteiger partial charge is 0.262 e. The molecule has 0 spiro atoms. The Morgan fingerprint density at radius 3 is 2.26 bits per heavy atom. The van der Waals surface area contributed by atoms with E-state index in [1.165, 1.54) is 0 Å². The summed E-state index contributed by atoms with van der Waals surface area (Å²) in [6, 6.07) is 16.9. The Balaban J connectivity index is 1.83. The summed E-state index contributed by atoms with van der Waals surface area (Å²) in [6.07, 6.45) is 3.60. The number of benzene rings is 2. The summed E-state index contributed by atoms with van der Waals surface area (Å²) in [7, 11) is -3.72. The Hall–Kier alpha value is -1.65. The molecule has 23 heavy (non-hydrogen) atoms. The van der Waals surface area contributed by atoms with Gasteiger partial charge in [-0.05, 0) is 37.5 Å². The van der Waals surface area contributed by atoms with Crippen molar-refractivity contribution >= 4 is 10.1 Å². The fourth-order valence-corrected chi connectivity index (χ4v) is 4.35. The average Bonchev–Trinajstić information content (AvgIpc) is 2.56. The van der Waals surface area contributed by atoms with Crippen LogP contribution in [0.5, 0.6) is 0 Å². The first-order chi connectivity index (χ1) is 11.1. The van der Waals surface area contributed by atoms with Gasteiger partial charge in [0.05, 0.1) is 11.0 Å². The molecule has 122 valence electrons. The molecule has 0 unspecified atom stereocenters. The Morgan fingerprint density at radius 2 is 1.57 bits per heavy atom. The van der Waals surface area contributed by atoms with Crippen molar-refractivity contribution in [2.75, 3.05) is 0 Å². The van der Waals surface area contributed by atoms with Gasteiger partial charge >= 0.3 is 0 Å². The van der Waals surface area contributed by atoms with Crippen molar-refractivity contribution in [2.45, 2.75) is 49.5 Å². The van der Waals surface area contributed by atoms with E-state index in [2.05, 4.69) is 12.1 Å². The summed E-state index contributed by atoms with van der Waals surface area (Å²) < 4.78 is 30.8. The van der Waals surface area contributed by atoms with Crippen LogP contribution in [0.15, 0.2) is 59.5 Å². The van der Waals surface area contributed by atoms with Crippen molar-refractivity contribution in [3.63, 3.8) is 0 Å². The van der Waals surface area contributed by atoms with Crippen molar-refractivity contribution in [3.8, 4) is 0 Å². The topological polar surface area (TPSA) is 43.4 Å². The van der Waals surface area contributed by atoms with Gasteiger partial charge in [0.15, 0.2) is 0 Å². The van der Waals surface area contributed by atoms with Gasteiger partial charge < -0.3 is 0 Å². The summed E-state index contributed by atoms with van der Waals surface area (Å²) in [6.45, 7) is 1.93. The van der Waals surface area contributed by atoms with Gasteiger partial charge in [-0.25, -0.2) is 0 Å². The van der Waals surface area contributed by atoms with Crippen LogP contribution in [0.4, 0.5) is 0 Å². The van der Waals surface area contributed by atoms with Crippen molar-refractivity contribution in [3.05, 3.63) is 65.7 Å². The lowest BCUT2D eigenvalue weighted by Gasteiger charge is -2.31. The molecule has 0 radical (unpaired) electrons. The first kappa shape index (κ1) is 16.2. The molecule has 1 aliphatic carbocycles. The molecule has 0 N–H and O–H groups in total. The molecule has 2 aromatic rings. The highest BCUT2D eigenvalue weighted by Crippen LogP contribution is 2.36. The molecule has 1 fully saturated rings. The molecule has 1 saturated carbocycles. The second kappa shape index (κ2) is 6.85. The summed E-state index contributed by atoms with van der Waals surface area (Å²) >= 11 is 0. The fraction of sp³-hybridized carbons (Fsp3) is 0.368. The van der Waals surface area contributed by atoms with Crippen LogP contribution >= 0.6 is 0 Å². The first-order valence-electron chi connectivity index (χ1n) is 8.11. The van der Waals surface area contributed by atoms with E-state index in [-0.39, 0.29) is 16.9 Å². The highest BCUT2D eigenvalue weighted by molar-refractivity contribution is 7.86. The first-order valence-corrected chi connectivity index (χ1v) is 9.52. The molecule has 0 aliphatic heterocycles. The highest BCUT2D eigenvalue weighted by Gasteiger charge is 2.31. The molecule has 0 heterocycles. The van der Waals surface area contributed by atoms with E-state index in [9.17, 15) is 8.42 Å². The summed E-state index contributed by atoms with van der Waals surface area (Å²) in [5, 5.41) is 0.